The zero-order chi connectivity index (χ0) is 14.9. The lowest BCUT2D eigenvalue weighted by Gasteiger charge is -2.38. The van der Waals surface area contributed by atoms with E-state index in [2.05, 4.69) is 34.9 Å². The minimum absolute atomic E-state index is 0.0474. The molecule has 0 bridgehead atoms. The van der Waals surface area contributed by atoms with Crippen LogP contribution in [-0.4, -0.2) is 22.9 Å². The predicted molar refractivity (Wildman–Crippen MR) is 83.6 cm³/mol. The number of nitrogens with zero attached hydrogens (tertiary/aromatic N) is 2. The SMILES string of the molecule is CCn1nc(C)cc1CC1(CN)CCOc2ccccc21. The van der Waals surface area contributed by atoms with Gasteiger partial charge in [-0.05, 0) is 32.4 Å². The third-order valence-corrected chi connectivity index (χ3v) is 4.49. The van der Waals surface area contributed by atoms with Crippen molar-refractivity contribution in [3.63, 3.8) is 0 Å². The molecular weight excluding hydrogens is 262 g/mol. The van der Waals surface area contributed by atoms with E-state index >= 15 is 0 Å². The Bertz CT molecular complexity index is 635. The number of hydrogen-bond donors (Lipinski definition) is 1. The molecule has 1 unspecified atom stereocenters. The van der Waals surface area contributed by atoms with Crippen molar-refractivity contribution in [3.05, 3.63) is 47.3 Å². The largest absolute Gasteiger partial charge is 0.493 e. The molecule has 1 aliphatic heterocycles. The maximum atomic E-state index is 6.21. The average Bonchev–Trinajstić information content (AvgIpc) is 2.87. The summed E-state index contributed by atoms with van der Waals surface area (Å²) in [5.41, 5.74) is 9.73. The van der Waals surface area contributed by atoms with Crippen molar-refractivity contribution in [1.82, 2.24) is 9.78 Å². The van der Waals surface area contributed by atoms with Gasteiger partial charge in [-0.1, -0.05) is 18.2 Å². The van der Waals surface area contributed by atoms with Crippen molar-refractivity contribution in [2.45, 2.75) is 38.6 Å². The van der Waals surface area contributed by atoms with Crippen molar-refractivity contribution >= 4 is 0 Å². The van der Waals surface area contributed by atoms with Crippen LogP contribution < -0.4 is 10.5 Å². The number of hydrogen-bond acceptors (Lipinski definition) is 3. The lowest BCUT2D eigenvalue weighted by atomic mass is 9.72. The molecule has 1 aromatic heterocycles. The minimum atomic E-state index is -0.0474. The van der Waals surface area contributed by atoms with Crippen LogP contribution in [0.25, 0.3) is 0 Å². The summed E-state index contributed by atoms with van der Waals surface area (Å²) in [4.78, 5) is 0. The van der Waals surface area contributed by atoms with Gasteiger partial charge in [0.25, 0.3) is 0 Å². The number of benzene rings is 1. The molecule has 4 nitrogen and oxygen atoms in total. The van der Waals surface area contributed by atoms with Gasteiger partial charge in [0.05, 0.1) is 12.3 Å². The van der Waals surface area contributed by atoms with E-state index < -0.39 is 0 Å². The monoisotopic (exact) mass is 285 g/mol. The van der Waals surface area contributed by atoms with Crippen molar-refractivity contribution in [3.8, 4) is 5.75 Å². The normalized spacial score (nSPS) is 20.9. The lowest BCUT2D eigenvalue weighted by molar-refractivity contribution is 0.213. The molecule has 0 aliphatic carbocycles. The Morgan fingerprint density at radius 3 is 2.95 bits per heavy atom. The molecule has 21 heavy (non-hydrogen) atoms. The fourth-order valence-electron chi connectivity index (χ4n) is 3.35. The van der Waals surface area contributed by atoms with E-state index in [1.54, 1.807) is 0 Å². The molecular formula is C17H23N3O. The first-order chi connectivity index (χ1) is 10.2. The summed E-state index contributed by atoms with van der Waals surface area (Å²) < 4.78 is 7.89. The van der Waals surface area contributed by atoms with Crippen LogP contribution in [0.4, 0.5) is 0 Å². The first kappa shape index (κ1) is 14.1. The predicted octanol–water partition coefficient (Wildman–Crippen LogP) is 2.43. The molecule has 2 heterocycles. The Kier molecular flexibility index (Phi) is 3.72. The molecule has 112 valence electrons. The van der Waals surface area contributed by atoms with E-state index in [1.807, 2.05) is 19.1 Å². The van der Waals surface area contributed by atoms with Crippen molar-refractivity contribution < 1.29 is 4.74 Å². The highest BCUT2D eigenvalue weighted by Gasteiger charge is 2.37. The number of aromatic nitrogens is 2. The van der Waals surface area contributed by atoms with E-state index in [9.17, 15) is 0 Å². The van der Waals surface area contributed by atoms with Gasteiger partial charge in [0.15, 0.2) is 0 Å². The van der Waals surface area contributed by atoms with Gasteiger partial charge in [-0.2, -0.15) is 5.10 Å². The zero-order valence-corrected chi connectivity index (χ0v) is 12.8. The van der Waals surface area contributed by atoms with Gasteiger partial charge in [0.2, 0.25) is 0 Å². The maximum Gasteiger partial charge on any atom is 0.123 e. The third kappa shape index (κ3) is 2.44. The highest BCUT2D eigenvalue weighted by molar-refractivity contribution is 5.42. The molecule has 0 amide bonds. The van der Waals surface area contributed by atoms with Crippen LogP contribution in [0.3, 0.4) is 0 Å². The molecule has 0 saturated carbocycles. The summed E-state index contributed by atoms with van der Waals surface area (Å²) >= 11 is 0. The molecule has 0 saturated heterocycles. The third-order valence-electron chi connectivity index (χ3n) is 4.49. The summed E-state index contributed by atoms with van der Waals surface area (Å²) in [5.74, 6) is 0.980. The van der Waals surface area contributed by atoms with Gasteiger partial charge >= 0.3 is 0 Å². The summed E-state index contributed by atoms with van der Waals surface area (Å²) in [7, 11) is 0. The molecule has 1 aromatic carbocycles. The summed E-state index contributed by atoms with van der Waals surface area (Å²) in [6.07, 6.45) is 1.87. The van der Waals surface area contributed by atoms with Crippen LogP contribution in [0.2, 0.25) is 0 Å². The van der Waals surface area contributed by atoms with Crippen LogP contribution in [0.15, 0.2) is 30.3 Å². The summed E-state index contributed by atoms with van der Waals surface area (Å²) in [6.45, 7) is 6.42. The summed E-state index contributed by atoms with van der Waals surface area (Å²) in [6, 6.07) is 10.5. The van der Waals surface area contributed by atoms with Crippen molar-refractivity contribution in [2.75, 3.05) is 13.2 Å². The molecule has 1 aliphatic rings. The van der Waals surface area contributed by atoms with Crippen LogP contribution in [0.1, 0.15) is 30.3 Å². The topological polar surface area (TPSA) is 53.1 Å². The second-order valence-corrected chi connectivity index (χ2v) is 5.85. The first-order valence-electron chi connectivity index (χ1n) is 7.64. The Morgan fingerprint density at radius 1 is 1.38 bits per heavy atom. The van der Waals surface area contributed by atoms with E-state index in [0.29, 0.717) is 6.54 Å². The quantitative estimate of drug-likeness (QED) is 0.938. The highest BCUT2D eigenvalue weighted by Crippen LogP contribution is 2.40. The van der Waals surface area contributed by atoms with Gasteiger partial charge in [-0.3, -0.25) is 4.68 Å². The van der Waals surface area contributed by atoms with E-state index in [4.69, 9.17) is 10.5 Å². The maximum absolute atomic E-state index is 6.21. The van der Waals surface area contributed by atoms with Crippen LogP contribution >= 0.6 is 0 Å². The Balaban J connectivity index is 2.02. The van der Waals surface area contributed by atoms with Crippen molar-refractivity contribution in [1.29, 1.82) is 0 Å². The average molecular weight is 285 g/mol. The Hall–Kier alpha value is -1.81. The molecule has 2 aromatic rings. The smallest absolute Gasteiger partial charge is 0.123 e. The lowest BCUT2D eigenvalue weighted by Crippen LogP contribution is -2.42. The second kappa shape index (κ2) is 5.53. The minimum Gasteiger partial charge on any atom is -0.493 e. The van der Waals surface area contributed by atoms with Crippen LogP contribution in [-0.2, 0) is 18.4 Å². The number of fused-ring (bicyclic) bond motifs is 1. The molecule has 1 atom stereocenters. The van der Waals surface area contributed by atoms with Gasteiger partial charge < -0.3 is 10.5 Å². The molecule has 0 radical (unpaired) electrons. The fourth-order valence-corrected chi connectivity index (χ4v) is 3.35. The number of nitrogens with two attached hydrogens (primary N) is 1. The number of aryl methyl sites for hydroxylation is 2. The number of ether oxygens (including phenoxy) is 1. The van der Waals surface area contributed by atoms with Gasteiger partial charge in [0.1, 0.15) is 5.75 Å². The van der Waals surface area contributed by atoms with E-state index in [1.165, 1.54) is 11.3 Å². The molecule has 0 fully saturated rings. The van der Waals surface area contributed by atoms with Crippen molar-refractivity contribution in [2.24, 2.45) is 5.73 Å². The van der Waals surface area contributed by atoms with E-state index in [0.717, 1.165) is 37.4 Å². The molecule has 2 N–H and O–H groups in total. The Labute approximate surface area is 125 Å². The first-order valence-corrected chi connectivity index (χ1v) is 7.64. The standard InChI is InChI=1S/C17H23N3O/c1-3-20-14(10-13(2)19-20)11-17(12-18)8-9-21-16-7-5-4-6-15(16)17/h4-7,10H,3,8-9,11-12,18H2,1-2H3. The molecule has 3 rings (SSSR count). The van der Waals surface area contributed by atoms with Gasteiger partial charge in [-0.25, -0.2) is 0 Å². The molecule has 0 spiro atoms. The van der Waals surface area contributed by atoms with E-state index in [-0.39, 0.29) is 5.41 Å². The van der Waals surface area contributed by atoms with Crippen LogP contribution in [0, 0.1) is 6.92 Å². The second-order valence-electron chi connectivity index (χ2n) is 5.85. The number of para-hydroxylation sites is 1. The number of rotatable bonds is 4. The van der Waals surface area contributed by atoms with Crippen LogP contribution in [0.5, 0.6) is 5.75 Å². The Morgan fingerprint density at radius 2 is 2.19 bits per heavy atom. The fraction of sp³-hybridized carbons (Fsp3) is 0.471. The van der Waals surface area contributed by atoms with Gasteiger partial charge in [-0.15, -0.1) is 0 Å². The summed E-state index contributed by atoms with van der Waals surface area (Å²) in [5, 5.41) is 4.56. The molecule has 4 heteroatoms. The van der Waals surface area contributed by atoms with Gasteiger partial charge in [0, 0.05) is 36.2 Å². The highest BCUT2D eigenvalue weighted by atomic mass is 16.5. The zero-order valence-electron chi connectivity index (χ0n) is 12.8.